The molecule has 8 nitrogen and oxygen atoms in total. The first kappa shape index (κ1) is 23.9. The number of urea groups is 1. The van der Waals surface area contributed by atoms with Crippen LogP contribution in [0.2, 0.25) is 5.02 Å². The van der Waals surface area contributed by atoms with Gasteiger partial charge in [-0.3, -0.25) is 10.3 Å². The van der Waals surface area contributed by atoms with Crippen molar-refractivity contribution in [2.24, 2.45) is 0 Å². The van der Waals surface area contributed by atoms with Gasteiger partial charge in [0.2, 0.25) is 0 Å². The van der Waals surface area contributed by atoms with E-state index in [1.165, 1.54) is 23.2 Å². The zero-order valence-corrected chi connectivity index (χ0v) is 18.2. The number of hydrogen-bond acceptors (Lipinski definition) is 6. The number of carbonyl (C=O) groups is 1. The number of carbonyl (C=O) groups excluding carboxylic acids is 1. The van der Waals surface area contributed by atoms with Gasteiger partial charge in [0.05, 0.1) is 16.3 Å². The highest BCUT2D eigenvalue weighted by Gasteiger charge is 2.40. The van der Waals surface area contributed by atoms with E-state index in [0.717, 1.165) is 12.1 Å². The molecule has 0 aromatic carbocycles. The highest BCUT2D eigenvalue weighted by Crippen LogP contribution is 2.40. The molecule has 4 heterocycles. The van der Waals surface area contributed by atoms with Crippen LogP contribution in [0.5, 0.6) is 0 Å². The Kier molecular flexibility index (Phi) is 6.45. The molecule has 13 heteroatoms. The van der Waals surface area contributed by atoms with Crippen LogP contribution in [-0.2, 0) is 18.5 Å². The van der Waals surface area contributed by atoms with E-state index in [1.807, 2.05) is 0 Å². The van der Waals surface area contributed by atoms with Crippen molar-refractivity contribution in [2.75, 3.05) is 18.4 Å². The van der Waals surface area contributed by atoms with Gasteiger partial charge < -0.3 is 14.5 Å². The molecule has 0 radical (unpaired) electrons. The van der Waals surface area contributed by atoms with E-state index >= 15 is 4.39 Å². The van der Waals surface area contributed by atoms with Gasteiger partial charge in [-0.2, -0.15) is 13.2 Å². The number of nitrogens with one attached hydrogen (secondary N) is 1. The summed E-state index contributed by atoms with van der Waals surface area (Å²) in [4.78, 5) is 21.6. The predicted octanol–water partition coefficient (Wildman–Crippen LogP) is 4.79. The summed E-state index contributed by atoms with van der Waals surface area (Å²) in [6.07, 6.45) is -2.66. The maximum absolute atomic E-state index is 15.7. The Morgan fingerprint density at radius 2 is 1.94 bits per heavy atom. The molecular weight excluding hydrogens is 482 g/mol. The Bertz CT molecular complexity index is 1180. The molecule has 0 spiro atoms. The summed E-state index contributed by atoms with van der Waals surface area (Å²) < 4.78 is 58.5. The second-order valence-electron chi connectivity index (χ2n) is 7.70. The van der Waals surface area contributed by atoms with Crippen LogP contribution in [-0.4, -0.2) is 44.3 Å². The third-order valence-electron chi connectivity index (χ3n) is 5.45. The minimum atomic E-state index is -4.53. The third-order valence-corrected chi connectivity index (χ3v) is 5.73. The van der Waals surface area contributed by atoms with Gasteiger partial charge in [0.25, 0.3) is 0 Å². The van der Waals surface area contributed by atoms with E-state index in [-0.39, 0.29) is 54.8 Å². The van der Waals surface area contributed by atoms with Crippen LogP contribution in [0.1, 0.15) is 29.9 Å². The van der Waals surface area contributed by atoms with E-state index in [0.29, 0.717) is 17.5 Å². The number of nitrogens with zero attached hydrogens (tertiary/aromatic N) is 4. The van der Waals surface area contributed by atoms with Gasteiger partial charge in [-0.15, -0.1) is 0 Å². The molecule has 1 saturated heterocycles. The molecule has 34 heavy (non-hydrogen) atoms. The lowest BCUT2D eigenvalue weighted by atomic mass is 9.89. The number of halogens is 5. The van der Waals surface area contributed by atoms with Crippen molar-refractivity contribution in [2.45, 2.75) is 31.3 Å². The highest BCUT2D eigenvalue weighted by atomic mass is 35.5. The molecule has 4 rings (SSSR count). The van der Waals surface area contributed by atoms with E-state index in [2.05, 4.69) is 20.4 Å². The summed E-state index contributed by atoms with van der Waals surface area (Å²) >= 11 is 6.30. The number of aromatic nitrogens is 3. The van der Waals surface area contributed by atoms with Gasteiger partial charge in [0.15, 0.2) is 11.4 Å². The third kappa shape index (κ3) is 4.97. The van der Waals surface area contributed by atoms with Gasteiger partial charge in [-0.05, 0) is 18.2 Å². The first-order valence-corrected chi connectivity index (χ1v) is 10.5. The van der Waals surface area contributed by atoms with Crippen LogP contribution >= 0.6 is 11.6 Å². The van der Waals surface area contributed by atoms with Crippen LogP contribution < -0.4 is 5.32 Å². The second-order valence-corrected chi connectivity index (χ2v) is 8.11. The van der Waals surface area contributed by atoms with Crippen molar-refractivity contribution in [1.82, 2.24) is 20.0 Å². The molecular formula is C21H18ClF4N5O3. The molecule has 0 unspecified atom stereocenters. The Morgan fingerprint density at radius 3 is 2.50 bits per heavy atom. The van der Waals surface area contributed by atoms with Crippen molar-refractivity contribution < 1.29 is 32.0 Å². The summed E-state index contributed by atoms with van der Waals surface area (Å²) in [6, 6.07) is 4.27. The number of likely N-dealkylation sites (tertiary alicyclic amines) is 1. The molecule has 3 aromatic heterocycles. The van der Waals surface area contributed by atoms with Gasteiger partial charge in [-0.1, -0.05) is 16.8 Å². The van der Waals surface area contributed by atoms with Gasteiger partial charge in [0, 0.05) is 50.0 Å². The average Bonchev–Trinajstić information content (AvgIpc) is 3.28. The molecule has 0 atom stereocenters. The number of aliphatic hydroxyl groups is 1. The fraction of sp³-hybridized carbons (Fsp3) is 0.333. The Labute approximate surface area is 195 Å². The smallest absolute Gasteiger partial charge is 0.388 e. The van der Waals surface area contributed by atoms with Crippen molar-refractivity contribution in [3.63, 3.8) is 0 Å². The number of alkyl halides is 4. The van der Waals surface area contributed by atoms with E-state index < -0.39 is 23.4 Å². The number of aliphatic hydroxyl groups excluding tert-OH is 1. The molecule has 1 aliphatic heterocycles. The zero-order valence-electron chi connectivity index (χ0n) is 17.4. The highest BCUT2D eigenvalue weighted by molar-refractivity contribution is 6.31. The number of pyridine rings is 2. The SMILES string of the molecule is O=C(Nc1ccc(C(F)(F)F)cn1)N1CCC(F)(c2ncc(-c3cc(CO)on3)cc2Cl)CC1. The number of hydrogen-bond donors (Lipinski definition) is 2. The molecule has 0 aliphatic carbocycles. The Balaban J connectivity index is 1.39. The largest absolute Gasteiger partial charge is 0.417 e. The second kappa shape index (κ2) is 9.18. The van der Waals surface area contributed by atoms with Crippen LogP contribution in [0, 0.1) is 0 Å². The zero-order chi connectivity index (χ0) is 24.5. The molecule has 0 bridgehead atoms. The lowest BCUT2D eigenvalue weighted by Crippen LogP contribution is -2.45. The summed E-state index contributed by atoms with van der Waals surface area (Å²) in [5, 5.41) is 15.4. The number of amides is 2. The maximum atomic E-state index is 15.7. The monoisotopic (exact) mass is 499 g/mol. The van der Waals surface area contributed by atoms with Crippen LogP contribution in [0.3, 0.4) is 0 Å². The molecule has 0 saturated carbocycles. The first-order valence-electron chi connectivity index (χ1n) is 10.1. The van der Waals surface area contributed by atoms with Gasteiger partial charge in [0.1, 0.15) is 18.1 Å². The molecule has 1 fully saturated rings. The molecule has 180 valence electrons. The first-order chi connectivity index (χ1) is 16.1. The topological polar surface area (TPSA) is 104 Å². The molecule has 1 aliphatic rings. The van der Waals surface area contributed by atoms with Gasteiger partial charge >= 0.3 is 12.2 Å². The lowest BCUT2D eigenvalue weighted by molar-refractivity contribution is -0.137. The van der Waals surface area contributed by atoms with Crippen molar-refractivity contribution in [1.29, 1.82) is 0 Å². The average molecular weight is 500 g/mol. The molecule has 2 amide bonds. The Morgan fingerprint density at radius 1 is 1.21 bits per heavy atom. The van der Waals surface area contributed by atoms with Crippen LogP contribution in [0.25, 0.3) is 11.3 Å². The summed E-state index contributed by atoms with van der Waals surface area (Å²) in [5.41, 5.74) is -1.89. The van der Waals surface area contributed by atoms with Crippen LogP contribution in [0.4, 0.5) is 28.2 Å². The number of rotatable bonds is 4. The fourth-order valence-electron chi connectivity index (χ4n) is 3.56. The fourth-order valence-corrected chi connectivity index (χ4v) is 3.89. The standard InChI is InChI=1S/C21H18ClF4N5O3/c22-15-7-12(16-8-14(11-32)34-30-16)9-28-18(15)20(23)3-5-31(6-4-20)19(33)29-17-2-1-13(10-27-17)21(24,25)26/h1-2,7-10,32H,3-6,11H2,(H,27,29,33). The number of piperidine rings is 1. The molecule has 2 N–H and O–H groups in total. The quantitative estimate of drug-likeness (QED) is 0.500. The Hall–Kier alpha value is -3.25. The van der Waals surface area contributed by atoms with E-state index in [4.69, 9.17) is 21.2 Å². The summed E-state index contributed by atoms with van der Waals surface area (Å²) in [7, 11) is 0. The number of anilines is 1. The van der Waals surface area contributed by atoms with E-state index in [9.17, 15) is 18.0 Å². The summed E-state index contributed by atoms with van der Waals surface area (Å²) in [5.74, 6) is 0.210. The lowest BCUT2D eigenvalue weighted by Gasteiger charge is -2.36. The summed E-state index contributed by atoms with van der Waals surface area (Å²) in [6.45, 7) is -0.253. The normalized spacial score (nSPS) is 15.9. The van der Waals surface area contributed by atoms with Crippen LogP contribution in [0.15, 0.2) is 41.2 Å². The minimum absolute atomic E-state index is 0.0336. The van der Waals surface area contributed by atoms with E-state index in [1.54, 1.807) is 0 Å². The van der Waals surface area contributed by atoms with Crippen molar-refractivity contribution in [3.05, 3.63) is 58.7 Å². The van der Waals surface area contributed by atoms with Gasteiger partial charge in [-0.25, -0.2) is 14.2 Å². The van der Waals surface area contributed by atoms with Crippen molar-refractivity contribution >= 4 is 23.4 Å². The maximum Gasteiger partial charge on any atom is 0.417 e. The minimum Gasteiger partial charge on any atom is -0.388 e. The molecule has 3 aromatic rings. The predicted molar refractivity (Wildman–Crippen MR) is 113 cm³/mol. The van der Waals surface area contributed by atoms with Crippen molar-refractivity contribution in [3.8, 4) is 11.3 Å².